The van der Waals surface area contributed by atoms with Crippen molar-refractivity contribution >= 4 is 35.6 Å². The summed E-state index contributed by atoms with van der Waals surface area (Å²) in [4.78, 5) is 73.3. The van der Waals surface area contributed by atoms with Crippen molar-refractivity contribution in [2.75, 3.05) is 59.1 Å². The smallest absolute Gasteiger partial charge is 0.333 e. The number of likely N-dealkylation sites (tertiary alicyclic amines) is 4. The average Bonchev–Trinajstić information content (AvgIpc) is 3.95. The van der Waals surface area contributed by atoms with Gasteiger partial charge in [-0.2, -0.15) is 0 Å². The average molecular weight is 723 g/mol. The van der Waals surface area contributed by atoms with Gasteiger partial charge in [-0.3, -0.25) is 19.2 Å². The number of benzene rings is 1. The van der Waals surface area contributed by atoms with Crippen LogP contribution < -0.4 is 0 Å². The second kappa shape index (κ2) is 24.1. The lowest BCUT2D eigenvalue weighted by molar-refractivity contribution is -0.141. The number of ether oxygens (including phenoxy) is 3. The van der Waals surface area contributed by atoms with Crippen molar-refractivity contribution in [2.45, 2.75) is 64.3 Å². The van der Waals surface area contributed by atoms with E-state index in [4.69, 9.17) is 14.2 Å². The molecule has 1 atom stereocenters. The van der Waals surface area contributed by atoms with Crippen LogP contribution in [0.3, 0.4) is 0 Å². The SMILES string of the molecule is C=C(C)C(=O)OCCN1CCCC1=O.C=CC(=O)OCCN1CCCC1=O.C=CN1C(=O)CCC1c1ccccc1.C=COCCN1CCCC1=O. The fourth-order valence-corrected chi connectivity index (χ4v) is 5.69. The Balaban J connectivity index is 0.000000241. The summed E-state index contributed by atoms with van der Waals surface area (Å²) in [5.74, 6) is -0.110. The van der Waals surface area contributed by atoms with Gasteiger partial charge in [-0.1, -0.05) is 56.6 Å². The molecule has 0 spiro atoms. The zero-order chi connectivity index (χ0) is 38.3. The molecular formula is C39H54N4O9. The number of esters is 2. The molecule has 4 saturated heterocycles. The molecule has 0 radical (unpaired) electrons. The molecule has 4 fully saturated rings. The van der Waals surface area contributed by atoms with E-state index < -0.39 is 11.9 Å². The molecule has 4 amide bonds. The molecule has 4 heterocycles. The summed E-state index contributed by atoms with van der Waals surface area (Å²) in [6.45, 7) is 20.7. The standard InChI is InChI=1S/C12H13NO.C10H15NO3.C9H13NO3.C8H13NO2/c1-2-13-11(8-9-12(13)14)10-6-4-3-5-7-10;1-8(2)10(13)14-7-6-11-5-3-4-9(11)12;1-2-9(12)13-7-6-10-5-3-4-8(10)11;1-2-11-7-6-9-5-3-4-8(9)10/h2-7,11H,1,8-9H2;1,3-7H2,2H3;2H,1,3-7H2;2H,1,3-7H2. The Hall–Kier alpha value is -5.20. The number of nitrogens with zero attached hydrogens (tertiary/aromatic N) is 4. The molecule has 4 aliphatic heterocycles. The molecule has 4 aliphatic rings. The van der Waals surface area contributed by atoms with Crippen LogP contribution in [0.2, 0.25) is 0 Å². The molecule has 0 N–H and O–H groups in total. The Morgan fingerprint density at radius 3 is 1.65 bits per heavy atom. The van der Waals surface area contributed by atoms with Gasteiger partial charge < -0.3 is 33.8 Å². The minimum Gasteiger partial charge on any atom is -0.500 e. The highest BCUT2D eigenvalue weighted by molar-refractivity contribution is 5.87. The van der Waals surface area contributed by atoms with Gasteiger partial charge in [0.2, 0.25) is 23.6 Å². The number of rotatable bonds is 14. The molecule has 1 aromatic rings. The number of amides is 4. The van der Waals surface area contributed by atoms with E-state index in [1.54, 1.807) is 27.8 Å². The van der Waals surface area contributed by atoms with Gasteiger partial charge in [0.05, 0.1) is 31.9 Å². The Kier molecular flexibility index (Phi) is 19.9. The molecule has 1 unspecified atom stereocenters. The summed E-state index contributed by atoms with van der Waals surface area (Å²) < 4.78 is 14.5. The van der Waals surface area contributed by atoms with Crippen molar-refractivity contribution in [3.63, 3.8) is 0 Å². The molecule has 52 heavy (non-hydrogen) atoms. The summed E-state index contributed by atoms with van der Waals surface area (Å²) in [7, 11) is 0. The summed E-state index contributed by atoms with van der Waals surface area (Å²) in [5.41, 5.74) is 1.58. The molecule has 5 rings (SSSR count). The van der Waals surface area contributed by atoms with Crippen LogP contribution in [0.1, 0.15) is 69.9 Å². The summed E-state index contributed by atoms with van der Waals surface area (Å²) >= 11 is 0. The van der Waals surface area contributed by atoms with Gasteiger partial charge in [0, 0.05) is 63.2 Å². The lowest BCUT2D eigenvalue weighted by Gasteiger charge is -2.20. The number of hydrogen-bond donors (Lipinski definition) is 0. The van der Waals surface area contributed by atoms with E-state index in [0.717, 1.165) is 51.4 Å². The molecule has 0 bridgehead atoms. The normalized spacial score (nSPS) is 17.6. The Morgan fingerprint density at radius 1 is 0.731 bits per heavy atom. The van der Waals surface area contributed by atoms with E-state index in [9.17, 15) is 28.8 Å². The summed E-state index contributed by atoms with van der Waals surface area (Å²) in [6, 6.07) is 10.3. The first-order chi connectivity index (χ1) is 25.0. The zero-order valence-electron chi connectivity index (χ0n) is 30.5. The summed E-state index contributed by atoms with van der Waals surface area (Å²) in [5, 5.41) is 0. The summed E-state index contributed by atoms with van der Waals surface area (Å²) in [6.07, 6.45) is 10.4. The molecule has 13 nitrogen and oxygen atoms in total. The lowest BCUT2D eigenvalue weighted by Crippen LogP contribution is -2.29. The van der Waals surface area contributed by atoms with E-state index in [1.807, 2.05) is 23.1 Å². The van der Waals surface area contributed by atoms with Crippen LogP contribution in [0.15, 0.2) is 80.8 Å². The number of carbonyl (C=O) groups excluding carboxylic acids is 6. The third kappa shape index (κ3) is 15.4. The Bertz CT molecular complexity index is 1400. The molecule has 284 valence electrons. The largest absolute Gasteiger partial charge is 0.500 e. The maximum Gasteiger partial charge on any atom is 0.333 e. The molecule has 0 aromatic heterocycles. The van der Waals surface area contributed by atoms with E-state index in [2.05, 4.69) is 38.4 Å². The van der Waals surface area contributed by atoms with Crippen molar-refractivity contribution in [3.05, 3.63) is 86.3 Å². The predicted octanol–water partition coefficient (Wildman–Crippen LogP) is 4.33. The lowest BCUT2D eigenvalue weighted by atomic mass is 10.1. The third-order valence-corrected chi connectivity index (χ3v) is 8.46. The van der Waals surface area contributed by atoms with Crippen molar-refractivity contribution in [1.29, 1.82) is 0 Å². The Morgan fingerprint density at radius 2 is 1.23 bits per heavy atom. The van der Waals surface area contributed by atoms with Crippen LogP contribution in [-0.4, -0.2) is 114 Å². The molecule has 1 aromatic carbocycles. The quantitative estimate of drug-likeness (QED) is 0.119. The first-order valence-electron chi connectivity index (χ1n) is 17.7. The van der Waals surface area contributed by atoms with E-state index >= 15 is 0 Å². The fourth-order valence-electron chi connectivity index (χ4n) is 5.69. The van der Waals surface area contributed by atoms with Gasteiger partial charge in [0.15, 0.2) is 0 Å². The number of carbonyl (C=O) groups is 6. The van der Waals surface area contributed by atoms with Crippen LogP contribution in [0, 0.1) is 0 Å². The van der Waals surface area contributed by atoms with Crippen LogP contribution in [0.5, 0.6) is 0 Å². The van der Waals surface area contributed by atoms with Gasteiger partial charge in [-0.05, 0) is 38.2 Å². The first-order valence-corrected chi connectivity index (χ1v) is 17.7. The van der Waals surface area contributed by atoms with E-state index in [-0.39, 0.29) is 42.9 Å². The van der Waals surface area contributed by atoms with Gasteiger partial charge in [0.1, 0.15) is 19.8 Å². The van der Waals surface area contributed by atoms with E-state index in [1.165, 1.54) is 11.8 Å². The highest BCUT2D eigenvalue weighted by Crippen LogP contribution is 2.32. The van der Waals surface area contributed by atoms with Crippen molar-refractivity contribution in [1.82, 2.24) is 19.6 Å². The zero-order valence-corrected chi connectivity index (χ0v) is 30.5. The highest BCUT2D eigenvalue weighted by Gasteiger charge is 2.29. The van der Waals surface area contributed by atoms with Crippen molar-refractivity contribution in [2.24, 2.45) is 0 Å². The van der Waals surface area contributed by atoms with Gasteiger partial charge >= 0.3 is 11.9 Å². The number of hydrogen-bond acceptors (Lipinski definition) is 9. The third-order valence-electron chi connectivity index (χ3n) is 8.46. The Labute approximate surface area is 307 Å². The van der Waals surface area contributed by atoms with Crippen molar-refractivity contribution in [3.8, 4) is 0 Å². The fraction of sp³-hybridized carbons (Fsp3) is 0.487. The highest BCUT2D eigenvalue weighted by atomic mass is 16.5. The first kappa shape index (κ1) is 43.0. The second-order valence-corrected chi connectivity index (χ2v) is 12.2. The second-order valence-electron chi connectivity index (χ2n) is 12.2. The van der Waals surface area contributed by atoms with Gasteiger partial charge in [0.25, 0.3) is 0 Å². The maximum atomic E-state index is 11.4. The van der Waals surface area contributed by atoms with Crippen LogP contribution in [0.25, 0.3) is 0 Å². The van der Waals surface area contributed by atoms with Crippen molar-refractivity contribution < 1.29 is 43.0 Å². The monoisotopic (exact) mass is 722 g/mol. The molecule has 0 saturated carbocycles. The minimum absolute atomic E-state index is 0.148. The molecule has 13 heteroatoms. The minimum atomic E-state index is -0.438. The van der Waals surface area contributed by atoms with Crippen LogP contribution >= 0.6 is 0 Å². The maximum absolute atomic E-state index is 11.4. The molecular weight excluding hydrogens is 668 g/mol. The van der Waals surface area contributed by atoms with Gasteiger partial charge in [-0.15, -0.1) is 0 Å². The van der Waals surface area contributed by atoms with Crippen LogP contribution in [0.4, 0.5) is 0 Å². The van der Waals surface area contributed by atoms with Gasteiger partial charge in [-0.25, -0.2) is 9.59 Å². The topological polar surface area (TPSA) is 143 Å². The molecule has 0 aliphatic carbocycles. The van der Waals surface area contributed by atoms with Crippen LogP contribution in [-0.2, 0) is 43.0 Å². The predicted molar refractivity (Wildman–Crippen MR) is 196 cm³/mol. The van der Waals surface area contributed by atoms with E-state index in [0.29, 0.717) is 57.5 Å².